The molecule has 2 heterocycles. The largest absolute Gasteiger partial charge is 0.481 e. The Morgan fingerprint density at radius 3 is 2.48 bits per heavy atom. The van der Waals surface area contributed by atoms with Crippen LogP contribution < -0.4 is 5.32 Å². The van der Waals surface area contributed by atoms with Crippen LogP contribution in [0.5, 0.6) is 0 Å². The lowest BCUT2D eigenvalue weighted by Crippen LogP contribution is -2.48. The van der Waals surface area contributed by atoms with Crippen molar-refractivity contribution in [2.45, 2.75) is 33.4 Å². The summed E-state index contributed by atoms with van der Waals surface area (Å²) in [6, 6.07) is 7.26. The molecule has 0 aliphatic carbocycles. The zero-order valence-electron chi connectivity index (χ0n) is 17.9. The minimum absolute atomic E-state index is 0.0565. The van der Waals surface area contributed by atoms with E-state index in [-0.39, 0.29) is 18.9 Å². The Bertz CT molecular complexity index is 889. The van der Waals surface area contributed by atoms with Gasteiger partial charge in [-0.1, -0.05) is 35.0 Å². The maximum Gasteiger partial charge on any atom is 0.308 e. The number of aliphatic carboxylic acids is 1. The summed E-state index contributed by atoms with van der Waals surface area (Å²) in [5.41, 5.74) is 2.83. The lowest BCUT2D eigenvalue weighted by molar-refractivity contribution is -0.145. The number of rotatable bonds is 9. The molecule has 1 fully saturated rings. The zero-order valence-corrected chi connectivity index (χ0v) is 18.7. The van der Waals surface area contributed by atoms with Crippen molar-refractivity contribution in [1.82, 2.24) is 20.3 Å². The molecule has 1 aromatic heterocycles. The average molecular weight is 449 g/mol. The van der Waals surface area contributed by atoms with E-state index in [1.807, 2.05) is 32.0 Å². The normalized spacial score (nSPS) is 16.2. The summed E-state index contributed by atoms with van der Waals surface area (Å²) in [7, 11) is 0. The molecule has 0 spiro atoms. The van der Waals surface area contributed by atoms with Crippen molar-refractivity contribution in [1.29, 1.82) is 0 Å². The quantitative estimate of drug-likeness (QED) is 0.607. The van der Waals surface area contributed by atoms with Crippen molar-refractivity contribution < 1.29 is 19.2 Å². The topological polar surface area (TPSA) is 98.9 Å². The van der Waals surface area contributed by atoms with E-state index in [9.17, 15) is 14.7 Å². The summed E-state index contributed by atoms with van der Waals surface area (Å²) in [4.78, 5) is 28.5. The van der Waals surface area contributed by atoms with Crippen molar-refractivity contribution in [2.75, 3.05) is 32.7 Å². The molecule has 2 aromatic rings. The van der Waals surface area contributed by atoms with Gasteiger partial charge in [-0.15, -0.1) is 0 Å². The fourth-order valence-corrected chi connectivity index (χ4v) is 3.96. The Labute approximate surface area is 187 Å². The third-order valence-electron chi connectivity index (χ3n) is 5.72. The number of nitrogens with zero attached hydrogens (tertiary/aromatic N) is 3. The molecule has 0 saturated carbocycles. The Morgan fingerprint density at radius 1 is 1.19 bits per heavy atom. The second-order valence-electron chi connectivity index (χ2n) is 7.99. The average Bonchev–Trinajstić information content (AvgIpc) is 3.06. The van der Waals surface area contributed by atoms with Crippen molar-refractivity contribution >= 4 is 23.5 Å². The lowest BCUT2D eigenvalue weighted by atomic mass is 10.0. The maximum atomic E-state index is 12.3. The highest BCUT2D eigenvalue weighted by Gasteiger charge is 2.27. The molecule has 0 unspecified atom stereocenters. The van der Waals surface area contributed by atoms with E-state index in [1.54, 1.807) is 6.07 Å². The minimum atomic E-state index is -0.953. The predicted molar refractivity (Wildman–Crippen MR) is 117 cm³/mol. The Balaban J connectivity index is 1.45. The van der Waals surface area contributed by atoms with Gasteiger partial charge in [-0.2, -0.15) is 0 Å². The first-order chi connectivity index (χ1) is 14.8. The van der Waals surface area contributed by atoms with Crippen LogP contribution in [0.3, 0.4) is 0 Å². The van der Waals surface area contributed by atoms with Gasteiger partial charge in [0.1, 0.15) is 5.76 Å². The van der Waals surface area contributed by atoms with Gasteiger partial charge < -0.3 is 14.9 Å². The van der Waals surface area contributed by atoms with Crippen molar-refractivity contribution in [3.8, 4) is 0 Å². The molecule has 8 nitrogen and oxygen atoms in total. The van der Waals surface area contributed by atoms with E-state index >= 15 is 0 Å². The summed E-state index contributed by atoms with van der Waals surface area (Å²) >= 11 is 6.10. The van der Waals surface area contributed by atoms with Crippen LogP contribution in [0, 0.1) is 19.8 Å². The fourth-order valence-electron chi connectivity index (χ4n) is 3.75. The number of carbonyl (C=O) groups excluding carboxylic acids is 1. The van der Waals surface area contributed by atoms with Crippen LogP contribution in [-0.4, -0.2) is 64.7 Å². The Morgan fingerprint density at radius 2 is 1.87 bits per heavy atom. The van der Waals surface area contributed by atoms with Crippen molar-refractivity contribution in [3.05, 3.63) is 51.9 Å². The van der Waals surface area contributed by atoms with E-state index < -0.39 is 11.9 Å². The van der Waals surface area contributed by atoms with Gasteiger partial charge in [0.15, 0.2) is 0 Å². The second-order valence-corrected chi connectivity index (χ2v) is 8.39. The molecule has 1 aromatic carbocycles. The van der Waals surface area contributed by atoms with Gasteiger partial charge in [-0.3, -0.25) is 19.4 Å². The maximum absolute atomic E-state index is 12.3. The van der Waals surface area contributed by atoms with Crippen LogP contribution in [0.25, 0.3) is 0 Å². The number of carboxylic acid groups (broad SMARTS) is 1. The first-order valence-corrected chi connectivity index (χ1v) is 10.8. The molecule has 9 heteroatoms. The molecule has 168 valence electrons. The highest BCUT2D eigenvalue weighted by Crippen LogP contribution is 2.18. The number of piperazine rings is 1. The van der Waals surface area contributed by atoms with Crippen LogP contribution in [0.15, 0.2) is 28.8 Å². The minimum Gasteiger partial charge on any atom is -0.481 e. The van der Waals surface area contributed by atoms with Crippen LogP contribution in [-0.2, 0) is 22.7 Å². The molecule has 2 N–H and O–H groups in total. The monoisotopic (exact) mass is 448 g/mol. The van der Waals surface area contributed by atoms with E-state index in [2.05, 4.69) is 20.3 Å². The summed E-state index contributed by atoms with van der Waals surface area (Å²) in [5.74, 6) is -1.15. The fraction of sp³-hybridized carbons (Fsp3) is 0.500. The molecule has 1 aliphatic heterocycles. The SMILES string of the molecule is Cc1noc(C)c1CN1CCN(C[C@@H](CC(=O)NCc2ccccc2Cl)C(=O)O)CC1. The number of hydrogen-bond acceptors (Lipinski definition) is 6. The van der Waals surface area contributed by atoms with Gasteiger partial charge >= 0.3 is 5.97 Å². The standard InChI is InChI=1S/C22H29ClN4O4/c1-15-19(16(2)31-25-15)14-27-9-7-26(8-10-27)13-18(22(29)30)11-21(28)24-12-17-5-3-4-6-20(17)23/h3-6,18H,7-14H2,1-2H3,(H,24,28)(H,29,30)/t18-/m1/s1. The first kappa shape index (κ1) is 23.2. The summed E-state index contributed by atoms with van der Waals surface area (Å²) in [5, 5.41) is 17.0. The van der Waals surface area contributed by atoms with Crippen LogP contribution in [0.4, 0.5) is 0 Å². The Kier molecular flexibility index (Phi) is 8.06. The number of nitrogens with one attached hydrogen (secondary N) is 1. The molecule has 0 bridgehead atoms. The number of hydrogen-bond donors (Lipinski definition) is 2. The van der Waals surface area contributed by atoms with Crippen LogP contribution in [0.2, 0.25) is 5.02 Å². The number of carbonyl (C=O) groups is 2. The van der Waals surface area contributed by atoms with Gasteiger partial charge in [0.2, 0.25) is 5.91 Å². The number of aromatic nitrogens is 1. The van der Waals surface area contributed by atoms with Crippen LogP contribution >= 0.6 is 11.6 Å². The van der Waals surface area contributed by atoms with E-state index in [0.717, 1.165) is 55.3 Å². The third kappa shape index (κ3) is 6.53. The van der Waals surface area contributed by atoms with Gasteiger partial charge in [-0.25, -0.2) is 0 Å². The molecule has 31 heavy (non-hydrogen) atoms. The predicted octanol–water partition coefficient (Wildman–Crippen LogP) is 2.47. The van der Waals surface area contributed by atoms with E-state index in [1.165, 1.54) is 0 Å². The number of amides is 1. The molecular weight excluding hydrogens is 420 g/mol. The number of carboxylic acids is 1. The molecular formula is C22H29ClN4O4. The molecule has 1 aliphatic rings. The molecule has 0 radical (unpaired) electrons. The molecule has 1 atom stereocenters. The van der Waals surface area contributed by atoms with E-state index in [4.69, 9.17) is 16.1 Å². The van der Waals surface area contributed by atoms with Gasteiger partial charge in [0.25, 0.3) is 0 Å². The number of aryl methyl sites for hydroxylation is 2. The molecule has 3 rings (SSSR count). The third-order valence-corrected chi connectivity index (χ3v) is 6.09. The second kappa shape index (κ2) is 10.7. The van der Waals surface area contributed by atoms with Gasteiger partial charge in [-0.05, 0) is 25.5 Å². The summed E-state index contributed by atoms with van der Waals surface area (Å²) < 4.78 is 5.23. The number of benzene rings is 1. The molecule has 1 saturated heterocycles. The van der Waals surface area contributed by atoms with Gasteiger partial charge in [0, 0.05) is 62.8 Å². The van der Waals surface area contributed by atoms with Crippen molar-refractivity contribution in [3.63, 3.8) is 0 Å². The highest BCUT2D eigenvalue weighted by atomic mass is 35.5. The summed E-state index contributed by atoms with van der Waals surface area (Å²) in [6.07, 6.45) is -0.0565. The van der Waals surface area contributed by atoms with E-state index in [0.29, 0.717) is 11.6 Å². The summed E-state index contributed by atoms with van der Waals surface area (Å²) in [6.45, 7) is 8.45. The van der Waals surface area contributed by atoms with Gasteiger partial charge in [0.05, 0.1) is 11.6 Å². The van der Waals surface area contributed by atoms with Crippen molar-refractivity contribution in [2.24, 2.45) is 5.92 Å². The van der Waals surface area contributed by atoms with Crippen LogP contribution in [0.1, 0.15) is 29.0 Å². The highest BCUT2D eigenvalue weighted by molar-refractivity contribution is 6.31. The number of halogens is 1. The molecule has 1 amide bonds. The lowest BCUT2D eigenvalue weighted by Gasteiger charge is -2.35. The smallest absolute Gasteiger partial charge is 0.308 e. The zero-order chi connectivity index (χ0) is 22.4. The Hall–Kier alpha value is -2.42. The first-order valence-electron chi connectivity index (χ1n) is 10.4.